The van der Waals surface area contributed by atoms with E-state index in [1.54, 1.807) is 0 Å². The van der Waals surface area contributed by atoms with Crippen LogP contribution in [0.1, 0.15) is 62.8 Å². The van der Waals surface area contributed by atoms with Crippen LogP contribution in [-0.4, -0.2) is 36.1 Å². The lowest BCUT2D eigenvalue weighted by molar-refractivity contribution is -0.135. The number of hydrogen-bond acceptors (Lipinski definition) is 2. The highest BCUT2D eigenvalue weighted by Gasteiger charge is 2.38. The van der Waals surface area contributed by atoms with Crippen molar-refractivity contribution in [1.29, 1.82) is 0 Å². The minimum absolute atomic E-state index is 0.338. The van der Waals surface area contributed by atoms with E-state index in [0.29, 0.717) is 29.9 Å². The van der Waals surface area contributed by atoms with Gasteiger partial charge in [0.1, 0.15) is 0 Å². The SMILES string of the molecule is O=C(C1CC1)N1CCC[C@@H]1CO[C@H]1CC[C@@H](c2ccccc2)CC1. The molecule has 0 spiro atoms. The average Bonchev–Trinajstić information content (AvgIpc) is 3.39. The molecular formula is C21H29NO2. The van der Waals surface area contributed by atoms with E-state index < -0.39 is 0 Å². The lowest BCUT2D eigenvalue weighted by Gasteiger charge is -2.31. The van der Waals surface area contributed by atoms with Crippen molar-refractivity contribution in [3.8, 4) is 0 Å². The second-order valence-corrected chi connectivity index (χ2v) is 7.82. The molecule has 3 nitrogen and oxygen atoms in total. The van der Waals surface area contributed by atoms with E-state index in [1.807, 2.05) is 0 Å². The van der Waals surface area contributed by atoms with Gasteiger partial charge < -0.3 is 9.64 Å². The maximum absolute atomic E-state index is 12.3. The molecule has 1 atom stereocenters. The summed E-state index contributed by atoms with van der Waals surface area (Å²) in [6.45, 7) is 1.70. The molecule has 3 aliphatic rings. The van der Waals surface area contributed by atoms with Gasteiger partial charge in [-0.3, -0.25) is 4.79 Å². The molecule has 4 rings (SSSR count). The molecule has 1 saturated heterocycles. The third-order valence-electron chi connectivity index (χ3n) is 6.06. The molecule has 24 heavy (non-hydrogen) atoms. The van der Waals surface area contributed by atoms with Crippen LogP contribution in [-0.2, 0) is 9.53 Å². The minimum Gasteiger partial charge on any atom is -0.376 e. The van der Waals surface area contributed by atoms with Crippen molar-refractivity contribution in [3.63, 3.8) is 0 Å². The number of amides is 1. The minimum atomic E-state index is 0.338. The highest BCUT2D eigenvalue weighted by molar-refractivity contribution is 5.81. The van der Waals surface area contributed by atoms with Gasteiger partial charge in [0.25, 0.3) is 0 Å². The van der Waals surface area contributed by atoms with Gasteiger partial charge in [-0.05, 0) is 62.8 Å². The highest BCUT2D eigenvalue weighted by Crippen LogP contribution is 2.35. The Labute approximate surface area is 145 Å². The van der Waals surface area contributed by atoms with Gasteiger partial charge in [0.05, 0.1) is 18.8 Å². The third-order valence-corrected chi connectivity index (χ3v) is 6.06. The maximum atomic E-state index is 12.3. The van der Waals surface area contributed by atoms with Gasteiger partial charge in [-0.1, -0.05) is 30.3 Å². The molecule has 0 N–H and O–H groups in total. The molecule has 3 fully saturated rings. The standard InChI is InChI=1S/C21H29NO2/c23-21(18-8-9-18)22-14-4-7-19(22)15-24-20-12-10-17(11-13-20)16-5-2-1-3-6-16/h1-3,5-6,17-20H,4,7-15H2/t17-,19-,20+/m1/s1. The Morgan fingerprint density at radius 3 is 2.46 bits per heavy atom. The Morgan fingerprint density at radius 2 is 1.75 bits per heavy atom. The topological polar surface area (TPSA) is 29.5 Å². The van der Waals surface area contributed by atoms with E-state index >= 15 is 0 Å². The predicted molar refractivity (Wildman–Crippen MR) is 94.9 cm³/mol. The monoisotopic (exact) mass is 327 g/mol. The number of carbonyl (C=O) groups excluding carboxylic acids is 1. The van der Waals surface area contributed by atoms with Crippen LogP contribution >= 0.6 is 0 Å². The smallest absolute Gasteiger partial charge is 0.226 e. The second-order valence-electron chi connectivity index (χ2n) is 7.82. The summed E-state index contributed by atoms with van der Waals surface area (Å²) in [6, 6.07) is 11.2. The fourth-order valence-corrected chi connectivity index (χ4v) is 4.40. The molecule has 2 saturated carbocycles. The normalized spacial score (nSPS) is 30.5. The lowest BCUT2D eigenvalue weighted by Crippen LogP contribution is -2.40. The highest BCUT2D eigenvalue weighted by atomic mass is 16.5. The van der Waals surface area contributed by atoms with E-state index in [-0.39, 0.29) is 0 Å². The molecule has 1 amide bonds. The first kappa shape index (κ1) is 16.1. The molecule has 0 unspecified atom stereocenters. The van der Waals surface area contributed by atoms with E-state index in [0.717, 1.165) is 51.7 Å². The van der Waals surface area contributed by atoms with E-state index in [1.165, 1.54) is 18.4 Å². The number of hydrogen-bond donors (Lipinski definition) is 0. The first-order valence-electron chi connectivity index (χ1n) is 9.78. The molecule has 0 radical (unpaired) electrons. The summed E-state index contributed by atoms with van der Waals surface area (Å²) < 4.78 is 6.24. The quantitative estimate of drug-likeness (QED) is 0.814. The first-order chi connectivity index (χ1) is 11.8. The molecule has 3 heteroatoms. The number of likely N-dealkylation sites (tertiary alicyclic amines) is 1. The Morgan fingerprint density at radius 1 is 1.00 bits per heavy atom. The number of carbonyl (C=O) groups is 1. The fourth-order valence-electron chi connectivity index (χ4n) is 4.40. The van der Waals surface area contributed by atoms with E-state index in [4.69, 9.17) is 4.74 Å². The summed E-state index contributed by atoms with van der Waals surface area (Å²) in [7, 11) is 0. The predicted octanol–water partition coefficient (Wildman–Crippen LogP) is 4.13. The van der Waals surface area contributed by atoms with Crippen LogP contribution in [0.5, 0.6) is 0 Å². The Bertz CT molecular complexity index is 546. The lowest BCUT2D eigenvalue weighted by atomic mass is 9.83. The van der Waals surface area contributed by atoms with Crippen LogP contribution in [0.25, 0.3) is 0 Å². The van der Waals surface area contributed by atoms with Crippen LogP contribution < -0.4 is 0 Å². The zero-order valence-electron chi connectivity index (χ0n) is 14.5. The van der Waals surface area contributed by atoms with Crippen molar-refractivity contribution >= 4 is 5.91 Å². The van der Waals surface area contributed by atoms with E-state index in [9.17, 15) is 4.79 Å². The third kappa shape index (κ3) is 3.66. The Kier molecular flexibility index (Phi) is 4.88. The van der Waals surface area contributed by atoms with Crippen LogP contribution in [0, 0.1) is 5.92 Å². The van der Waals surface area contributed by atoms with Crippen LogP contribution in [0.4, 0.5) is 0 Å². The molecule has 1 heterocycles. The first-order valence-corrected chi connectivity index (χ1v) is 9.78. The Balaban J connectivity index is 1.23. The molecule has 2 aliphatic carbocycles. The summed E-state index contributed by atoms with van der Waals surface area (Å²) in [5.74, 6) is 1.44. The van der Waals surface area contributed by atoms with Gasteiger partial charge in [0, 0.05) is 12.5 Å². The molecule has 1 aromatic carbocycles. The van der Waals surface area contributed by atoms with Crippen LogP contribution in [0.3, 0.4) is 0 Å². The second kappa shape index (κ2) is 7.26. The van der Waals surface area contributed by atoms with E-state index in [2.05, 4.69) is 35.2 Å². The summed E-state index contributed by atoms with van der Waals surface area (Å²) in [5.41, 5.74) is 1.48. The molecule has 1 aliphatic heterocycles. The summed E-state index contributed by atoms with van der Waals surface area (Å²) >= 11 is 0. The van der Waals surface area contributed by atoms with Crippen molar-refractivity contribution in [2.24, 2.45) is 5.92 Å². The molecule has 0 bridgehead atoms. The average molecular weight is 327 g/mol. The number of rotatable bonds is 5. The van der Waals surface area contributed by atoms with Gasteiger partial charge in [0.2, 0.25) is 5.91 Å². The van der Waals surface area contributed by atoms with Gasteiger partial charge in [-0.25, -0.2) is 0 Å². The number of ether oxygens (including phenoxy) is 1. The van der Waals surface area contributed by atoms with Crippen LogP contribution in [0.2, 0.25) is 0 Å². The largest absolute Gasteiger partial charge is 0.376 e. The summed E-state index contributed by atoms with van der Waals surface area (Å²) in [4.78, 5) is 14.5. The fraction of sp³-hybridized carbons (Fsp3) is 0.667. The van der Waals surface area contributed by atoms with Crippen molar-refractivity contribution in [2.45, 2.75) is 69.4 Å². The van der Waals surface area contributed by atoms with Gasteiger partial charge in [0.15, 0.2) is 0 Å². The van der Waals surface area contributed by atoms with Gasteiger partial charge in [-0.2, -0.15) is 0 Å². The molecule has 1 aromatic rings. The maximum Gasteiger partial charge on any atom is 0.226 e. The zero-order valence-corrected chi connectivity index (χ0v) is 14.5. The van der Waals surface area contributed by atoms with Gasteiger partial charge >= 0.3 is 0 Å². The van der Waals surface area contributed by atoms with Crippen molar-refractivity contribution < 1.29 is 9.53 Å². The van der Waals surface area contributed by atoms with Crippen molar-refractivity contribution in [1.82, 2.24) is 4.90 Å². The molecule has 130 valence electrons. The Hall–Kier alpha value is -1.35. The molecular weight excluding hydrogens is 298 g/mol. The number of nitrogens with zero attached hydrogens (tertiary/aromatic N) is 1. The van der Waals surface area contributed by atoms with Gasteiger partial charge in [-0.15, -0.1) is 0 Å². The van der Waals surface area contributed by atoms with Crippen molar-refractivity contribution in [2.75, 3.05) is 13.2 Å². The summed E-state index contributed by atoms with van der Waals surface area (Å²) in [6.07, 6.45) is 9.63. The number of benzene rings is 1. The van der Waals surface area contributed by atoms with Crippen molar-refractivity contribution in [3.05, 3.63) is 35.9 Å². The molecule has 0 aromatic heterocycles. The zero-order chi connectivity index (χ0) is 16.4. The summed E-state index contributed by atoms with van der Waals surface area (Å²) in [5, 5.41) is 0. The van der Waals surface area contributed by atoms with Crippen LogP contribution in [0.15, 0.2) is 30.3 Å².